The van der Waals surface area contributed by atoms with Gasteiger partial charge in [0.2, 0.25) is 0 Å². The van der Waals surface area contributed by atoms with Crippen molar-refractivity contribution in [3.8, 4) is 0 Å². The summed E-state index contributed by atoms with van der Waals surface area (Å²) in [7, 11) is 2.75. The maximum Gasteiger partial charge on any atom is 0.474 e. The van der Waals surface area contributed by atoms with E-state index in [1.165, 1.54) is 24.3 Å². The third-order valence-electron chi connectivity index (χ3n) is 5.64. The molecule has 2 aromatic rings. The van der Waals surface area contributed by atoms with E-state index in [1.807, 2.05) is 57.1 Å². The number of ether oxygens (including phenoxy) is 2. The summed E-state index contributed by atoms with van der Waals surface area (Å²) in [5.41, 5.74) is 2.15. The number of azo groups is 1. The summed E-state index contributed by atoms with van der Waals surface area (Å²) in [6, 6.07) is 12.7. The lowest BCUT2D eigenvalue weighted by atomic mass is 9.96. The Morgan fingerprint density at radius 2 is 1.62 bits per heavy atom. The molecule has 2 aromatic carbocycles. The van der Waals surface area contributed by atoms with Gasteiger partial charge in [-0.05, 0) is 68.8 Å². The van der Waals surface area contributed by atoms with Gasteiger partial charge in [-0.2, -0.15) is 18.6 Å². The highest BCUT2D eigenvalue weighted by Crippen LogP contribution is 2.49. The molecule has 4 atom stereocenters. The molecule has 12 nitrogen and oxygen atoms in total. The summed E-state index contributed by atoms with van der Waals surface area (Å²) >= 11 is 0. The lowest BCUT2D eigenvalue weighted by Gasteiger charge is -2.23. The average molecular weight is 595 g/mol. The number of benzene rings is 2. The Morgan fingerprint density at radius 1 is 1.02 bits per heavy atom. The van der Waals surface area contributed by atoms with Gasteiger partial charge in [-0.15, -0.1) is 0 Å². The Kier molecular flexibility index (Phi) is 11.9. The zero-order valence-corrected chi connectivity index (χ0v) is 24.9. The van der Waals surface area contributed by atoms with Crippen LogP contribution in [0.15, 0.2) is 63.7 Å². The van der Waals surface area contributed by atoms with E-state index in [0.717, 1.165) is 12.8 Å². The van der Waals surface area contributed by atoms with Gasteiger partial charge in [-0.25, -0.2) is 4.57 Å². The van der Waals surface area contributed by atoms with E-state index in [2.05, 4.69) is 10.2 Å². The van der Waals surface area contributed by atoms with Crippen molar-refractivity contribution in [2.75, 3.05) is 45.9 Å². The van der Waals surface area contributed by atoms with E-state index >= 15 is 0 Å². The number of hydrogen-bond donors (Lipinski definition) is 0. The van der Waals surface area contributed by atoms with E-state index < -0.39 is 36.7 Å². The maximum absolute atomic E-state index is 12.8. The van der Waals surface area contributed by atoms with Gasteiger partial charge < -0.3 is 14.4 Å². The number of phosphoric ester groups is 1. The molecular weight excluding hydrogens is 560 g/mol. The largest absolute Gasteiger partial charge is 0.474 e. The number of nitrogens with zero attached hydrogens (tertiary/aromatic N) is 3. The van der Waals surface area contributed by atoms with Gasteiger partial charge >= 0.3 is 7.82 Å². The lowest BCUT2D eigenvalue weighted by molar-refractivity contribution is -0.0589. The Bertz CT molecular complexity index is 1260. The van der Waals surface area contributed by atoms with Crippen LogP contribution in [0.2, 0.25) is 0 Å². The zero-order valence-electron chi connectivity index (χ0n) is 23.2. The molecule has 2 unspecified atom stereocenters. The summed E-state index contributed by atoms with van der Waals surface area (Å²) in [5.74, 6) is 0. The molecular formula is C25H35BN3O9PS. The van der Waals surface area contributed by atoms with Gasteiger partial charge in [0.05, 0.1) is 48.3 Å². The molecule has 1 fully saturated rings. The van der Waals surface area contributed by atoms with E-state index in [-0.39, 0.29) is 30.3 Å². The maximum atomic E-state index is 12.8. The molecule has 15 heteroatoms. The second-order valence-corrected chi connectivity index (χ2v) is 12.7. The molecule has 0 N–H and O–H groups in total. The van der Waals surface area contributed by atoms with E-state index in [0.29, 0.717) is 17.8 Å². The zero-order chi connectivity index (χ0) is 29.3. The first kappa shape index (κ1) is 32.4. The van der Waals surface area contributed by atoms with Gasteiger partial charge in [0.25, 0.3) is 10.1 Å². The molecule has 0 saturated carbocycles. The number of hydrogen-bond acceptors (Lipinski definition) is 12. The van der Waals surface area contributed by atoms with Crippen molar-refractivity contribution in [3.63, 3.8) is 0 Å². The highest BCUT2D eigenvalue weighted by molar-refractivity contribution is 7.86. The van der Waals surface area contributed by atoms with Gasteiger partial charge in [0.1, 0.15) is 14.0 Å². The third-order valence-corrected chi connectivity index (χ3v) is 8.38. The molecule has 1 saturated heterocycles. The number of anilines is 1. The minimum absolute atomic E-state index is 0.0576. The first-order valence-corrected chi connectivity index (χ1v) is 15.5. The van der Waals surface area contributed by atoms with Crippen molar-refractivity contribution >= 4 is 42.8 Å². The van der Waals surface area contributed by atoms with Crippen LogP contribution in [-0.2, 0) is 41.9 Å². The van der Waals surface area contributed by atoms with Crippen LogP contribution in [0.1, 0.15) is 20.3 Å². The van der Waals surface area contributed by atoms with Gasteiger partial charge in [0.15, 0.2) is 0 Å². The smallest absolute Gasteiger partial charge is 0.380 e. The average Bonchev–Trinajstić information content (AvgIpc) is 3.27. The van der Waals surface area contributed by atoms with Gasteiger partial charge in [-0.1, -0.05) is 0 Å². The van der Waals surface area contributed by atoms with Gasteiger partial charge in [-0.3, -0.25) is 17.8 Å². The Hall–Kier alpha value is -2.16. The summed E-state index contributed by atoms with van der Waals surface area (Å²) < 4.78 is 69.6. The van der Waals surface area contributed by atoms with E-state index in [9.17, 15) is 13.0 Å². The van der Waals surface area contributed by atoms with Gasteiger partial charge in [0, 0.05) is 32.9 Å². The molecule has 1 aliphatic heterocycles. The highest BCUT2D eigenvalue weighted by Gasteiger charge is 2.37. The molecule has 0 spiro atoms. The number of phosphoric acid groups is 1. The quantitative estimate of drug-likeness (QED) is 0.0935. The van der Waals surface area contributed by atoms with Crippen LogP contribution in [0, 0.1) is 0 Å². The Labute approximate surface area is 237 Å². The molecule has 1 heterocycles. The van der Waals surface area contributed by atoms with Crippen LogP contribution in [0.4, 0.5) is 17.1 Å². The monoisotopic (exact) mass is 595 g/mol. The van der Waals surface area contributed by atoms with E-state index in [4.69, 9.17) is 35.1 Å². The van der Waals surface area contributed by atoms with Crippen molar-refractivity contribution in [3.05, 3.63) is 48.5 Å². The molecule has 0 aliphatic carbocycles. The second kappa shape index (κ2) is 14.7. The fraction of sp³-hybridized carbons (Fsp3) is 0.520. The summed E-state index contributed by atoms with van der Waals surface area (Å²) in [4.78, 5) is 1.89. The van der Waals surface area contributed by atoms with E-state index in [1.54, 1.807) is 0 Å². The minimum Gasteiger partial charge on any atom is -0.380 e. The van der Waals surface area contributed by atoms with Crippen LogP contribution < -0.4 is 4.90 Å². The van der Waals surface area contributed by atoms with Crippen LogP contribution in [-0.4, -0.2) is 81.6 Å². The minimum atomic E-state index is -4.11. The standard InChI is InChI=1S/C25H35BN3O9PS/c1-18(2)37-23-16-25(26)38-24(23)17-35-39(30,33-5)34-14-15-36-40(31,32)22-12-8-20(9-13-22)28-27-19-6-10-21(11-7-19)29(3)4/h6-13,18,23-25H,14-17H2,1-5H3/t23?,24-,25-,39?/m1/s1. The number of rotatable bonds is 15. The first-order chi connectivity index (χ1) is 18.9. The molecule has 2 radical (unpaired) electrons. The van der Waals surface area contributed by atoms with Crippen LogP contribution in [0.5, 0.6) is 0 Å². The third kappa shape index (κ3) is 9.74. The predicted octanol–water partition coefficient (Wildman–Crippen LogP) is 4.74. The normalized spacial score (nSPS) is 21.2. The molecule has 1 aliphatic rings. The molecule has 218 valence electrons. The fourth-order valence-corrected chi connectivity index (χ4v) is 5.47. The van der Waals surface area contributed by atoms with Crippen molar-refractivity contribution < 1.29 is 40.2 Å². The lowest BCUT2D eigenvalue weighted by Crippen LogP contribution is -2.31. The van der Waals surface area contributed by atoms with Crippen molar-refractivity contribution in [1.82, 2.24) is 0 Å². The van der Waals surface area contributed by atoms with Crippen LogP contribution in [0.3, 0.4) is 0 Å². The highest BCUT2D eigenvalue weighted by atomic mass is 32.2. The predicted molar refractivity (Wildman–Crippen MR) is 150 cm³/mol. The summed E-state index contributed by atoms with van der Waals surface area (Å²) in [6.45, 7) is 2.81. The van der Waals surface area contributed by atoms with Crippen molar-refractivity contribution in [2.45, 2.75) is 49.5 Å². The summed E-state index contributed by atoms with van der Waals surface area (Å²) in [5, 5.41) is 8.29. The van der Waals surface area contributed by atoms with Crippen molar-refractivity contribution in [2.24, 2.45) is 10.2 Å². The Morgan fingerprint density at radius 3 is 2.17 bits per heavy atom. The SMILES string of the molecule is [B][C@H]1CC(OC(C)C)[C@@H](COP(=O)(OC)OCCOS(=O)(=O)c2ccc(N=Nc3ccc(N(C)C)cc3)cc2)O1. The van der Waals surface area contributed by atoms with Crippen molar-refractivity contribution in [1.29, 1.82) is 0 Å². The summed E-state index contributed by atoms with van der Waals surface area (Å²) in [6.07, 6.45) is -0.494. The first-order valence-electron chi connectivity index (χ1n) is 12.6. The molecule has 0 amide bonds. The Balaban J connectivity index is 1.47. The van der Waals surface area contributed by atoms with Crippen LogP contribution in [0.25, 0.3) is 0 Å². The van der Waals surface area contributed by atoms with Crippen LogP contribution >= 0.6 is 7.82 Å². The topological polar surface area (TPSA) is 135 Å². The second-order valence-electron chi connectivity index (χ2n) is 9.31. The molecule has 0 bridgehead atoms. The fourth-order valence-electron chi connectivity index (χ4n) is 3.67. The molecule has 3 rings (SSSR count). The molecule has 0 aromatic heterocycles. The molecule has 40 heavy (non-hydrogen) atoms.